The standard InChI is InChI=1S/C29H29N5O3/c1-18-23-7-3-4-10-30-24(35)15-28(18,2)17-34(23)16-25(36)32-21-9-8-19-13-29(14-20(19)12-21)22-6-5-11-31-26(22)33-27(29)37/h3-12H,13-17H2,1-2H3,(H,30,35)(H,32,36)(H,31,33,37)/b7-3-,10-4+. The molecule has 37 heavy (non-hydrogen) atoms. The average molecular weight is 496 g/mol. The maximum atomic E-state index is 13.1. The Morgan fingerprint density at radius 2 is 1.97 bits per heavy atom. The van der Waals surface area contributed by atoms with Crippen LogP contribution in [0.4, 0.5) is 11.5 Å². The minimum absolute atomic E-state index is 0.0182. The van der Waals surface area contributed by atoms with Gasteiger partial charge in [0.15, 0.2) is 0 Å². The first-order valence-corrected chi connectivity index (χ1v) is 12.5. The minimum Gasteiger partial charge on any atom is -0.361 e. The fraction of sp³-hybridized carbons (Fsp3) is 0.310. The molecule has 8 nitrogen and oxygen atoms in total. The van der Waals surface area contributed by atoms with Gasteiger partial charge in [-0.05, 0) is 66.8 Å². The number of hydrogen-bond donors (Lipinski definition) is 3. The van der Waals surface area contributed by atoms with Crippen LogP contribution < -0.4 is 16.0 Å². The molecule has 1 aliphatic carbocycles. The van der Waals surface area contributed by atoms with Gasteiger partial charge in [0, 0.05) is 47.7 Å². The number of carbonyl (C=O) groups is 3. The second-order valence-corrected chi connectivity index (χ2v) is 10.7. The lowest BCUT2D eigenvalue weighted by Gasteiger charge is -2.27. The highest BCUT2D eigenvalue weighted by Crippen LogP contribution is 2.47. The van der Waals surface area contributed by atoms with Crippen LogP contribution in [0.15, 0.2) is 72.2 Å². The maximum absolute atomic E-state index is 13.1. The average Bonchev–Trinajstić information content (AvgIpc) is 3.44. The molecular formula is C29H29N5O3. The summed E-state index contributed by atoms with van der Waals surface area (Å²) in [5, 5.41) is 8.77. The van der Waals surface area contributed by atoms with Crippen molar-refractivity contribution in [1.29, 1.82) is 0 Å². The topological polar surface area (TPSA) is 103 Å². The number of rotatable bonds is 3. The first-order valence-electron chi connectivity index (χ1n) is 12.5. The van der Waals surface area contributed by atoms with Gasteiger partial charge >= 0.3 is 0 Å². The molecule has 0 saturated heterocycles. The Kier molecular flexibility index (Phi) is 5.29. The zero-order chi connectivity index (χ0) is 25.8. The SMILES string of the molecule is CC1=C2/C=C\C=C\NC(=O)CC1(C)CN2CC(=O)Nc1ccc2c(c1)CC1(C2)C(=O)Nc2ncccc21. The van der Waals surface area contributed by atoms with Gasteiger partial charge in [0.2, 0.25) is 17.7 Å². The number of aromatic nitrogens is 1. The monoisotopic (exact) mass is 495 g/mol. The molecule has 2 unspecified atom stereocenters. The zero-order valence-corrected chi connectivity index (χ0v) is 20.9. The highest BCUT2D eigenvalue weighted by molar-refractivity contribution is 6.06. The zero-order valence-electron chi connectivity index (χ0n) is 20.9. The summed E-state index contributed by atoms with van der Waals surface area (Å²) in [7, 11) is 0. The summed E-state index contributed by atoms with van der Waals surface area (Å²) in [4.78, 5) is 44.8. The van der Waals surface area contributed by atoms with E-state index in [1.54, 1.807) is 18.5 Å². The highest BCUT2D eigenvalue weighted by Gasteiger charge is 2.51. The second-order valence-electron chi connectivity index (χ2n) is 10.7. The van der Waals surface area contributed by atoms with Crippen LogP contribution in [-0.2, 0) is 32.6 Å². The molecule has 4 heterocycles. The number of nitrogens with zero attached hydrogens (tertiary/aromatic N) is 2. The van der Waals surface area contributed by atoms with Crippen molar-refractivity contribution in [3.05, 3.63) is 88.9 Å². The lowest BCUT2D eigenvalue weighted by Crippen LogP contribution is -2.36. The van der Waals surface area contributed by atoms with E-state index in [0.717, 1.165) is 28.0 Å². The molecule has 1 aromatic heterocycles. The predicted octanol–water partition coefficient (Wildman–Crippen LogP) is 3.19. The molecule has 0 saturated carbocycles. The Labute approximate surface area is 215 Å². The van der Waals surface area contributed by atoms with Crippen LogP contribution in [0.1, 0.15) is 37.0 Å². The molecule has 4 aliphatic rings. The molecule has 6 rings (SSSR count). The Bertz CT molecular complexity index is 1440. The van der Waals surface area contributed by atoms with E-state index in [1.807, 2.05) is 54.3 Å². The van der Waals surface area contributed by atoms with Gasteiger partial charge in [-0.15, -0.1) is 0 Å². The van der Waals surface area contributed by atoms with E-state index >= 15 is 0 Å². The number of carbonyl (C=O) groups excluding carboxylic acids is 3. The lowest BCUT2D eigenvalue weighted by molar-refractivity contribution is -0.122. The van der Waals surface area contributed by atoms with Gasteiger partial charge in [-0.1, -0.05) is 25.1 Å². The predicted molar refractivity (Wildman–Crippen MR) is 140 cm³/mol. The van der Waals surface area contributed by atoms with Crippen LogP contribution >= 0.6 is 0 Å². The summed E-state index contributed by atoms with van der Waals surface area (Å²) >= 11 is 0. The molecule has 3 amide bonds. The third-order valence-corrected chi connectivity index (χ3v) is 8.23. The smallest absolute Gasteiger partial charge is 0.243 e. The number of benzene rings is 1. The molecule has 3 aliphatic heterocycles. The van der Waals surface area contributed by atoms with E-state index in [4.69, 9.17) is 0 Å². The maximum Gasteiger partial charge on any atom is 0.243 e. The van der Waals surface area contributed by atoms with Gasteiger partial charge in [-0.2, -0.15) is 0 Å². The normalized spacial score (nSPS) is 27.5. The Balaban J connectivity index is 1.18. The van der Waals surface area contributed by atoms with Crippen molar-refractivity contribution in [3.63, 3.8) is 0 Å². The van der Waals surface area contributed by atoms with Crippen LogP contribution in [0.3, 0.4) is 0 Å². The molecule has 1 aromatic carbocycles. The van der Waals surface area contributed by atoms with Crippen LogP contribution in [-0.4, -0.2) is 40.7 Å². The van der Waals surface area contributed by atoms with Gasteiger partial charge in [-0.25, -0.2) is 4.98 Å². The first kappa shape index (κ1) is 23.2. The summed E-state index contributed by atoms with van der Waals surface area (Å²) in [6.07, 6.45) is 10.5. The van der Waals surface area contributed by atoms with Crippen molar-refractivity contribution in [3.8, 4) is 0 Å². The lowest BCUT2D eigenvalue weighted by atomic mass is 9.79. The first-order chi connectivity index (χ1) is 17.8. The number of pyridine rings is 1. The summed E-state index contributed by atoms with van der Waals surface area (Å²) in [6.45, 7) is 4.89. The Morgan fingerprint density at radius 3 is 2.84 bits per heavy atom. The third kappa shape index (κ3) is 3.84. The quantitative estimate of drug-likeness (QED) is 0.607. The van der Waals surface area contributed by atoms with Crippen molar-refractivity contribution in [2.75, 3.05) is 23.7 Å². The van der Waals surface area contributed by atoms with Crippen molar-refractivity contribution in [2.45, 2.75) is 38.5 Å². The minimum atomic E-state index is -0.636. The molecule has 2 bridgehead atoms. The van der Waals surface area contributed by atoms with Crippen LogP contribution in [0.5, 0.6) is 0 Å². The number of amides is 3. The number of allylic oxidation sites excluding steroid dienone is 3. The van der Waals surface area contributed by atoms with Crippen LogP contribution in [0.2, 0.25) is 0 Å². The van der Waals surface area contributed by atoms with E-state index in [9.17, 15) is 14.4 Å². The molecule has 0 fully saturated rings. The number of anilines is 2. The summed E-state index contributed by atoms with van der Waals surface area (Å²) in [5.74, 6) is 0.459. The summed E-state index contributed by atoms with van der Waals surface area (Å²) in [6, 6.07) is 9.73. The largest absolute Gasteiger partial charge is 0.361 e. The molecule has 3 N–H and O–H groups in total. The van der Waals surface area contributed by atoms with Crippen molar-refractivity contribution < 1.29 is 14.4 Å². The fourth-order valence-electron chi connectivity index (χ4n) is 6.20. The van der Waals surface area contributed by atoms with Gasteiger partial charge in [0.25, 0.3) is 0 Å². The number of fused-ring (bicyclic) bond motifs is 4. The number of nitrogens with one attached hydrogen (secondary N) is 3. The van der Waals surface area contributed by atoms with Crippen molar-refractivity contribution in [2.24, 2.45) is 5.41 Å². The molecule has 0 radical (unpaired) electrons. The molecule has 188 valence electrons. The molecule has 8 heteroatoms. The van der Waals surface area contributed by atoms with E-state index in [0.29, 0.717) is 37.3 Å². The second kappa shape index (κ2) is 8.44. The van der Waals surface area contributed by atoms with E-state index in [2.05, 4.69) is 27.9 Å². The molecule has 2 atom stereocenters. The van der Waals surface area contributed by atoms with Crippen molar-refractivity contribution in [1.82, 2.24) is 15.2 Å². The van der Waals surface area contributed by atoms with Gasteiger partial charge in [0.05, 0.1) is 12.0 Å². The van der Waals surface area contributed by atoms with E-state index in [1.165, 1.54) is 0 Å². The molecule has 1 spiro atoms. The third-order valence-electron chi connectivity index (χ3n) is 8.23. The highest BCUT2D eigenvalue weighted by atomic mass is 16.2. The van der Waals surface area contributed by atoms with Gasteiger partial charge < -0.3 is 20.9 Å². The fourth-order valence-corrected chi connectivity index (χ4v) is 6.20. The van der Waals surface area contributed by atoms with Crippen LogP contribution in [0.25, 0.3) is 0 Å². The van der Waals surface area contributed by atoms with Gasteiger partial charge in [0.1, 0.15) is 5.82 Å². The van der Waals surface area contributed by atoms with E-state index in [-0.39, 0.29) is 29.7 Å². The summed E-state index contributed by atoms with van der Waals surface area (Å²) in [5.41, 5.74) is 4.94. The summed E-state index contributed by atoms with van der Waals surface area (Å²) < 4.78 is 0. The van der Waals surface area contributed by atoms with Gasteiger partial charge in [-0.3, -0.25) is 14.4 Å². The molecule has 2 aromatic rings. The van der Waals surface area contributed by atoms with Crippen LogP contribution in [0, 0.1) is 5.41 Å². The number of hydrogen-bond acceptors (Lipinski definition) is 5. The van der Waals surface area contributed by atoms with E-state index < -0.39 is 5.41 Å². The van der Waals surface area contributed by atoms with Crippen molar-refractivity contribution >= 4 is 29.2 Å². The Morgan fingerprint density at radius 1 is 1.14 bits per heavy atom. The Hall–Kier alpha value is -4.20. The molecular weight excluding hydrogens is 466 g/mol.